The molecule has 0 aliphatic carbocycles. The fourth-order valence-electron chi connectivity index (χ4n) is 3.19. The lowest BCUT2D eigenvalue weighted by Gasteiger charge is -2.39. The highest BCUT2D eigenvalue weighted by atomic mass is 16.4. The van der Waals surface area contributed by atoms with E-state index >= 15 is 0 Å². The zero-order valence-electron chi connectivity index (χ0n) is 15.8. The third-order valence-electron chi connectivity index (χ3n) is 4.80. The van der Waals surface area contributed by atoms with Crippen LogP contribution in [0.25, 0.3) is 0 Å². The number of carboxylic acid groups (broad SMARTS) is 2. The Morgan fingerprint density at radius 1 is 1.11 bits per heavy atom. The van der Waals surface area contributed by atoms with Crippen LogP contribution in [0, 0.1) is 0 Å². The fraction of sp³-hybridized carbons (Fsp3) is 0.500. The third kappa shape index (κ3) is 5.64. The molecule has 0 bridgehead atoms. The summed E-state index contributed by atoms with van der Waals surface area (Å²) in [4.78, 5) is 47.6. The van der Waals surface area contributed by atoms with Gasteiger partial charge >= 0.3 is 11.9 Å². The highest BCUT2D eigenvalue weighted by molar-refractivity contribution is 5.98. The quantitative estimate of drug-likeness (QED) is 0.428. The number of carbonyl (C=O) groups is 4. The molecule has 1 rings (SSSR count). The van der Waals surface area contributed by atoms with E-state index in [0.29, 0.717) is 12.0 Å². The first-order chi connectivity index (χ1) is 12.8. The van der Waals surface area contributed by atoms with Gasteiger partial charge in [-0.25, -0.2) is 4.79 Å². The van der Waals surface area contributed by atoms with E-state index in [1.165, 1.54) is 4.90 Å². The van der Waals surface area contributed by atoms with E-state index in [9.17, 15) is 24.3 Å². The van der Waals surface area contributed by atoms with Crippen LogP contribution >= 0.6 is 0 Å². The third-order valence-corrected chi connectivity index (χ3v) is 4.80. The zero-order valence-corrected chi connectivity index (χ0v) is 15.8. The molecule has 0 aliphatic heterocycles. The van der Waals surface area contributed by atoms with E-state index in [1.54, 1.807) is 38.1 Å². The summed E-state index contributed by atoms with van der Waals surface area (Å²) in [6.45, 7) is 3.47. The number of hydrogen-bond acceptors (Lipinski definition) is 4. The number of aldehydes is 1. The van der Waals surface area contributed by atoms with Crippen LogP contribution in [0.1, 0.15) is 61.9 Å². The highest BCUT2D eigenvalue weighted by Gasteiger charge is 2.44. The van der Waals surface area contributed by atoms with Gasteiger partial charge in [-0.05, 0) is 50.3 Å². The minimum absolute atomic E-state index is 0.110. The summed E-state index contributed by atoms with van der Waals surface area (Å²) in [5.74, 6) is -2.74. The number of aliphatic carboxylic acids is 2. The van der Waals surface area contributed by atoms with Gasteiger partial charge < -0.3 is 19.9 Å². The number of nitrogens with zero attached hydrogens (tertiary/aromatic N) is 1. The first-order valence-corrected chi connectivity index (χ1v) is 9.12. The van der Waals surface area contributed by atoms with Crippen LogP contribution in [0.2, 0.25) is 0 Å². The Bertz CT molecular complexity index is 670. The first kappa shape index (κ1) is 22.3. The lowest BCUT2D eigenvalue weighted by Crippen LogP contribution is -2.57. The van der Waals surface area contributed by atoms with Crippen molar-refractivity contribution in [3.05, 3.63) is 35.4 Å². The summed E-state index contributed by atoms with van der Waals surface area (Å²) in [7, 11) is 0. The number of likely N-dealkylation sites (N-methyl/N-ethyl adjacent to an activating group) is 1. The van der Waals surface area contributed by atoms with Crippen molar-refractivity contribution in [2.45, 2.75) is 57.9 Å². The predicted octanol–water partition coefficient (Wildman–Crippen LogP) is 2.77. The summed E-state index contributed by atoms with van der Waals surface area (Å²) in [5, 5.41) is 18.7. The smallest absolute Gasteiger partial charge is 0.329 e. The lowest BCUT2D eigenvalue weighted by atomic mass is 9.87. The first-order valence-electron chi connectivity index (χ1n) is 9.12. The second-order valence-electron chi connectivity index (χ2n) is 6.39. The number of hydrogen-bond donors (Lipinski definition) is 2. The van der Waals surface area contributed by atoms with Crippen molar-refractivity contribution >= 4 is 24.1 Å². The molecule has 1 aromatic carbocycles. The van der Waals surface area contributed by atoms with Crippen molar-refractivity contribution in [2.24, 2.45) is 0 Å². The Morgan fingerprint density at radius 2 is 1.74 bits per heavy atom. The molecule has 0 unspecified atom stereocenters. The van der Waals surface area contributed by atoms with Gasteiger partial charge in [0.25, 0.3) is 5.91 Å². The van der Waals surface area contributed by atoms with Crippen molar-refractivity contribution in [2.75, 3.05) is 6.54 Å². The largest absolute Gasteiger partial charge is 0.481 e. The maximum Gasteiger partial charge on any atom is 0.329 e. The topological polar surface area (TPSA) is 112 Å². The van der Waals surface area contributed by atoms with Crippen LogP contribution in [0.4, 0.5) is 0 Å². The standard InChI is InChI=1S/C20H27NO6/c1-3-20(19(26)27,13-12-17(23)24)21(4-2)18(25)16-10-8-15(9-11-16)7-5-6-14-22/h8-11,14H,3-7,12-13H2,1-2H3,(H,23,24)(H,26,27)/t20-/m0/s1. The molecule has 0 spiro atoms. The zero-order chi connectivity index (χ0) is 20.4. The van der Waals surface area contributed by atoms with Crippen molar-refractivity contribution in [3.8, 4) is 0 Å². The molecule has 7 heteroatoms. The molecule has 0 aromatic heterocycles. The van der Waals surface area contributed by atoms with Crippen LogP contribution in [-0.2, 0) is 20.8 Å². The number of aryl methyl sites for hydroxylation is 1. The molecule has 0 saturated carbocycles. The van der Waals surface area contributed by atoms with Crippen molar-refractivity contribution in [1.29, 1.82) is 0 Å². The molecule has 1 aromatic rings. The van der Waals surface area contributed by atoms with Crippen LogP contribution in [0.15, 0.2) is 24.3 Å². The number of carboxylic acids is 2. The van der Waals surface area contributed by atoms with Crippen molar-refractivity contribution < 1.29 is 29.4 Å². The molecular formula is C20H27NO6. The number of carbonyl (C=O) groups excluding carboxylic acids is 2. The Hall–Kier alpha value is -2.70. The van der Waals surface area contributed by atoms with E-state index in [4.69, 9.17) is 5.11 Å². The lowest BCUT2D eigenvalue weighted by molar-refractivity contribution is -0.151. The second-order valence-corrected chi connectivity index (χ2v) is 6.39. The van der Waals surface area contributed by atoms with Gasteiger partial charge in [0.2, 0.25) is 0 Å². The molecule has 0 aliphatic rings. The van der Waals surface area contributed by atoms with Gasteiger partial charge in [-0.3, -0.25) is 9.59 Å². The SMILES string of the molecule is CCN(C(=O)c1ccc(CCCC=O)cc1)[C@@](CC)(CCC(=O)O)C(=O)O. The molecule has 27 heavy (non-hydrogen) atoms. The Labute approximate surface area is 159 Å². The highest BCUT2D eigenvalue weighted by Crippen LogP contribution is 2.28. The monoisotopic (exact) mass is 377 g/mol. The summed E-state index contributed by atoms with van der Waals surface area (Å²) in [5.41, 5.74) is -0.222. The molecular weight excluding hydrogens is 350 g/mol. The van der Waals surface area contributed by atoms with E-state index in [1.807, 2.05) is 0 Å². The molecule has 0 heterocycles. The van der Waals surface area contributed by atoms with Crippen molar-refractivity contribution in [1.82, 2.24) is 4.90 Å². The maximum absolute atomic E-state index is 13.0. The molecule has 0 fully saturated rings. The van der Waals surface area contributed by atoms with E-state index in [-0.39, 0.29) is 25.8 Å². The minimum atomic E-state index is -1.56. The minimum Gasteiger partial charge on any atom is -0.481 e. The average molecular weight is 377 g/mol. The molecule has 148 valence electrons. The number of unbranched alkanes of at least 4 members (excludes halogenated alkanes) is 1. The maximum atomic E-state index is 13.0. The van der Waals surface area contributed by atoms with Gasteiger partial charge in [-0.1, -0.05) is 19.1 Å². The van der Waals surface area contributed by atoms with Gasteiger partial charge in [-0.2, -0.15) is 0 Å². The number of benzene rings is 1. The van der Waals surface area contributed by atoms with Crippen LogP contribution < -0.4 is 0 Å². The number of rotatable bonds is 12. The summed E-state index contributed by atoms with van der Waals surface area (Å²) in [6.07, 6.45) is 2.41. The summed E-state index contributed by atoms with van der Waals surface area (Å²) < 4.78 is 0. The molecule has 0 saturated heterocycles. The molecule has 0 radical (unpaired) electrons. The van der Waals surface area contributed by atoms with Crippen molar-refractivity contribution in [3.63, 3.8) is 0 Å². The van der Waals surface area contributed by atoms with E-state index < -0.39 is 23.4 Å². The molecule has 1 amide bonds. The Balaban J connectivity index is 3.08. The van der Waals surface area contributed by atoms with Gasteiger partial charge in [-0.15, -0.1) is 0 Å². The molecule has 7 nitrogen and oxygen atoms in total. The van der Waals surface area contributed by atoms with Gasteiger partial charge in [0, 0.05) is 24.9 Å². The number of amides is 1. The van der Waals surface area contributed by atoms with Gasteiger partial charge in [0.15, 0.2) is 0 Å². The van der Waals surface area contributed by atoms with E-state index in [0.717, 1.165) is 24.7 Å². The normalized spacial score (nSPS) is 12.8. The van der Waals surface area contributed by atoms with Crippen LogP contribution in [-0.4, -0.2) is 51.3 Å². The molecule has 1 atom stereocenters. The summed E-state index contributed by atoms with van der Waals surface area (Å²) >= 11 is 0. The summed E-state index contributed by atoms with van der Waals surface area (Å²) in [6, 6.07) is 6.86. The van der Waals surface area contributed by atoms with Crippen LogP contribution in [0.3, 0.4) is 0 Å². The Kier molecular flexibility index (Phi) is 8.65. The molecule has 2 N–H and O–H groups in total. The fourth-order valence-corrected chi connectivity index (χ4v) is 3.19. The average Bonchev–Trinajstić information content (AvgIpc) is 2.65. The second kappa shape index (κ2) is 10.4. The van der Waals surface area contributed by atoms with Gasteiger partial charge in [0.1, 0.15) is 11.8 Å². The predicted molar refractivity (Wildman–Crippen MR) is 99.7 cm³/mol. The Morgan fingerprint density at radius 3 is 2.19 bits per heavy atom. The van der Waals surface area contributed by atoms with E-state index in [2.05, 4.69) is 0 Å². The van der Waals surface area contributed by atoms with Crippen LogP contribution in [0.5, 0.6) is 0 Å². The van der Waals surface area contributed by atoms with Gasteiger partial charge in [0.05, 0.1) is 0 Å².